The molecule has 1 spiro atoms. The third-order valence-electron chi connectivity index (χ3n) is 3.59. The Kier molecular flexibility index (Phi) is 3.43. The fraction of sp³-hybridized carbons (Fsp3) is 0.462. The maximum atomic E-state index is 13.7. The fourth-order valence-corrected chi connectivity index (χ4v) is 4.04. The van der Waals surface area contributed by atoms with Gasteiger partial charge in [-0.3, -0.25) is 4.99 Å². The van der Waals surface area contributed by atoms with Crippen molar-refractivity contribution in [1.29, 1.82) is 0 Å². The number of halogens is 3. The number of nitrogens with zero attached hydrogens (tertiary/aromatic N) is 1. The summed E-state index contributed by atoms with van der Waals surface area (Å²) in [5.41, 5.74) is 0.125. The molecule has 6 heteroatoms. The number of aliphatic imine (C=N–C) groups is 1. The van der Waals surface area contributed by atoms with Gasteiger partial charge >= 0.3 is 0 Å². The Morgan fingerprint density at radius 1 is 1.26 bits per heavy atom. The molecule has 0 amide bonds. The molecule has 1 aliphatic heterocycles. The van der Waals surface area contributed by atoms with E-state index < -0.39 is 11.6 Å². The zero-order chi connectivity index (χ0) is 13.5. The Balaban J connectivity index is 1.83. The molecular weight excluding hydrogens is 290 g/mol. The summed E-state index contributed by atoms with van der Waals surface area (Å²) in [7, 11) is 0. The van der Waals surface area contributed by atoms with Gasteiger partial charge in [0.05, 0.1) is 16.2 Å². The molecule has 0 saturated heterocycles. The highest BCUT2D eigenvalue weighted by atomic mass is 35.5. The molecule has 102 valence electrons. The summed E-state index contributed by atoms with van der Waals surface area (Å²) < 4.78 is 26.7. The Hall–Kier alpha value is -0.810. The summed E-state index contributed by atoms with van der Waals surface area (Å²) in [6, 6.07) is 1.91. The second-order valence-electron chi connectivity index (χ2n) is 5.01. The van der Waals surface area contributed by atoms with Gasteiger partial charge in [0.2, 0.25) is 0 Å². The van der Waals surface area contributed by atoms with Crippen LogP contribution in [0.4, 0.5) is 14.5 Å². The predicted molar refractivity (Wildman–Crippen MR) is 76.1 cm³/mol. The number of hydrogen-bond acceptors (Lipinski definition) is 3. The normalized spacial score (nSPS) is 20.9. The van der Waals surface area contributed by atoms with Crippen LogP contribution in [0, 0.1) is 11.6 Å². The fourth-order valence-electron chi connectivity index (χ4n) is 2.60. The summed E-state index contributed by atoms with van der Waals surface area (Å²) in [6.45, 7) is 0. The topological polar surface area (TPSA) is 24.4 Å². The van der Waals surface area contributed by atoms with Crippen molar-refractivity contribution in [3.05, 3.63) is 28.8 Å². The first-order valence-corrected chi connectivity index (χ1v) is 7.59. The number of benzene rings is 1. The van der Waals surface area contributed by atoms with E-state index in [0.717, 1.165) is 30.7 Å². The van der Waals surface area contributed by atoms with Gasteiger partial charge in [-0.2, -0.15) is 0 Å². The van der Waals surface area contributed by atoms with E-state index >= 15 is 0 Å². The summed E-state index contributed by atoms with van der Waals surface area (Å²) in [4.78, 5) is 4.67. The van der Waals surface area contributed by atoms with Gasteiger partial charge in [-0.1, -0.05) is 36.2 Å². The molecule has 0 unspecified atom stereocenters. The summed E-state index contributed by atoms with van der Waals surface area (Å²) >= 11 is 7.43. The highest BCUT2D eigenvalue weighted by molar-refractivity contribution is 8.14. The summed E-state index contributed by atoms with van der Waals surface area (Å²) in [6.07, 6.45) is 4.57. The number of nitrogens with one attached hydrogen (secondary N) is 1. The molecule has 2 aliphatic rings. The summed E-state index contributed by atoms with van der Waals surface area (Å²) in [5.74, 6) is -0.447. The standard InChI is InChI=1S/C13H13ClF2N2S/c14-9-5-8(15)6-10(16)11(9)17-12-18-13(7-19-12)3-1-2-4-13/h5-6H,1-4,7H2,(H,17,18). The van der Waals surface area contributed by atoms with Crippen molar-refractivity contribution in [2.45, 2.75) is 31.2 Å². The molecule has 19 heavy (non-hydrogen) atoms. The molecule has 0 aromatic heterocycles. The lowest BCUT2D eigenvalue weighted by Crippen LogP contribution is -2.21. The van der Waals surface area contributed by atoms with Crippen LogP contribution < -0.4 is 5.32 Å². The average Bonchev–Trinajstić information content (AvgIpc) is 2.95. The molecule has 2 nitrogen and oxygen atoms in total. The number of hydrogen-bond donors (Lipinski definition) is 1. The summed E-state index contributed by atoms with van der Waals surface area (Å²) in [5, 5.41) is 3.61. The molecule has 1 heterocycles. The van der Waals surface area contributed by atoms with Crippen molar-refractivity contribution < 1.29 is 8.78 Å². The van der Waals surface area contributed by atoms with Gasteiger partial charge in [-0.25, -0.2) is 8.78 Å². The van der Waals surface area contributed by atoms with Crippen LogP contribution in [0.5, 0.6) is 0 Å². The number of thioether (sulfide) groups is 1. The third kappa shape index (κ3) is 2.58. The first-order valence-electron chi connectivity index (χ1n) is 6.22. The lowest BCUT2D eigenvalue weighted by atomic mass is 10.0. The second kappa shape index (κ2) is 4.94. The molecular formula is C13H13ClF2N2S. The molecule has 0 radical (unpaired) electrons. The zero-order valence-electron chi connectivity index (χ0n) is 10.2. The Morgan fingerprint density at radius 2 is 2.00 bits per heavy atom. The SMILES string of the molecule is Fc1cc(F)c(NC2=NC3(CCCC3)CS2)c(Cl)c1. The van der Waals surface area contributed by atoms with Crippen LogP contribution in [0.2, 0.25) is 5.02 Å². The van der Waals surface area contributed by atoms with Gasteiger partial charge in [-0.15, -0.1) is 0 Å². The van der Waals surface area contributed by atoms with E-state index in [9.17, 15) is 8.78 Å². The molecule has 0 atom stereocenters. The van der Waals surface area contributed by atoms with Crippen molar-refractivity contribution in [3.8, 4) is 0 Å². The minimum absolute atomic E-state index is 0.0238. The largest absolute Gasteiger partial charge is 0.331 e. The number of anilines is 1. The minimum Gasteiger partial charge on any atom is -0.331 e. The van der Waals surface area contributed by atoms with E-state index in [4.69, 9.17) is 11.6 Å². The van der Waals surface area contributed by atoms with Crippen LogP contribution in [0.1, 0.15) is 25.7 Å². The first kappa shape index (κ1) is 13.2. The van der Waals surface area contributed by atoms with Gasteiger partial charge in [0.1, 0.15) is 5.82 Å². The van der Waals surface area contributed by atoms with E-state index in [1.165, 1.54) is 12.8 Å². The Labute approximate surface area is 119 Å². The maximum absolute atomic E-state index is 13.7. The Morgan fingerprint density at radius 3 is 2.68 bits per heavy atom. The molecule has 1 saturated carbocycles. The molecule has 0 bridgehead atoms. The third-order valence-corrected chi connectivity index (χ3v) is 5.04. The zero-order valence-corrected chi connectivity index (χ0v) is 11.8. The van der Waals surface area contributed by atoms with Gasteiger partial charge in [0.25, 0.3) is 0 Å². The lowest BCUT2D eigenvalue weighted by molar-refractivity contribution is 0.508. The van der Waals surface area contributed by atoms with Crippen LogP contribution >= 0.6 is 23.4 Å². The van der Waals surface area contributed by atoms with E-state index in [1.807, 2.05) is 0 Å². The molecule has 1 N–H and O–H groups in total. The molecule has 1 aromatic rings. The van der Waals surface area contributed by atoms with E-state index in [-0.39, 0.29) is 16.2 Å². The van der Waals surface area contributed by atoms with E-state index in [1.54, 1.807) is 11.8 Å². The van der Waals surface area contributed by atoms with Crippen LogP contribution in [0.15, 0.2) is 17.1 Å². The van der Waals surface area contributed by atoms with Crippen molar-refractivity contribution in [1.82, 2.24) is 0 Å². The quantitative estimate of drug-likeness (QED) is 0.829. The van der Waals surface area contributed by atoms with Gasteiger partial charge < -0.3 is 5.32 Å². The van der Waals surface area contributed by atoms with Crippen LogP contribution in [0.3, 0.4) is 0 Å². The van der Waals surface area contributed by atoms with E-state index in [0.29, 0.717) is 5.17 Å². The van der Waals surface area contributed by atoms with Crippen molar-refractivity contribution in [3.63, 3.8) is 0 Å². The van der Waals surface area contributed by atoms with Crippen LogP contribution in [0.25, 0.3) is 0 Å². The van der Waals surface area contributed by atoms with Gasteiger partial charge in [0.15, 0.2) is 11.0 Å². The number of amidine groups is 1. The van der Waals surface area contributed by atoms with Crippen molar-refractivity contribution >= 4 is 34.2 Å². The smallest absolute Gasteiger partial charge is 0.161 e. The maximum Gasteiger partial charge on any atom is 0.161 e. The monoisotopic (exact) mass is 302 g/mol. The van der Waals surface area contributed by atoms with Gasteiger partial charge in [-0.05, 0) is 18.9 Å². The number of rotatable bonds is 1. The highest BCUT2D eigenvalue weighted by Crippen LogP contribution is 2.41. The Bertz CT molecular complexity index is 518. The van der Waals surface area contributed by atoms with Gasteiger partial charge in [0, 0.05) is 11.8 Å². The molecule has 3 rings (SSSR count). The van der Waals surface area contributed by atoms with Crippen LogP contribution in [-0.2, 0) is 0 Å². The van der Waals surface area contributed by atoms with Crippen molar-refractivity contribution in [2.75, 3.05) is 11.1 Å². The lowest BCUT2D eigenvalue weighted by Gasteiger charge is -2.16. The second-order valence-corrected chi connectivity index (χ2v) is 6.38. The molecule has 1 aromatic carbocycles. The average molecular weight is 303 g/mol. The van der Waals surface area contributed by atoms with E-state index in [2.05, 4.69) is 10.3 Å². The minimum atomic E-state index is -0.694. The predicted octanol–water partition coefficient (Wildman–Crippen LogP) is 4.45. The molecule has 1 aliphatic carbocycles. The van der Waals surface area contributed by atoms with Crippen molar-refractivity contribution in [2.24, 2.45) is 4.99 Å². The van der Waals surface area contributed by atoms with Crippen LogP contribution in [-0.4, -0.2) is 16.5 Å². The first-order chi connectivity index (χ1) is 9.08. The molecule has 1 fully saturated rings. The highest BCUT2D eigenvalue weighted by Gasteiger charge is 2.38.